The van der Waals surface area contributed by atoms with Gasteiger partial charge in [-0.05, 0) is 36.5 Å². The van der Waals surface area contributed by atoms with Crippen LogP contribution in [0, 0.1) is 5.92 Å². The van der Waals surface area contributed by atoms with E-state index in [0.29, 0.717) is 0 Å². The minimum Gasteiger partial charge on any atom is -0.366 e. The number of nitrogens with zero attached hydrogens (tertiary/aromatic N) is 4. The molecule has 5 heteroatoms. The van der Waals surface area contributed by atoms with Crippen LogP contribution in [-0.4, -0.2) is 28.0 Å². The van der Waals surface area contributed by atoms with Crippen LogP contribution in [0.2, 0.25) is 0 Å². The van der Waals surface area contributed by atoms with Crippen molar-refractivity contribution in [2.45, 2.75) is 26.3 Å². The van der Waals surface area contributed by atoms with E-state index in [0.717, 1.165) is 42.9 Å². The van der Waals surface area contributed by atoms with Crippen molar-refractivity contribution < 1.29 is 0 Å². The van der Waals surface area contributed by atoms with E-state index in [1.165, 1.54) is 12.8 Å². The van der Waals surface area contributed by atoms with Gasteiger partial charge in [0.2, 0.25) is 5.95 Å². The van der Waals surface area contributed by atoms with Crippen molar-refractivity contribution in [3.05, 3.63) is 42.4 Å². The van der Waals surface area contributed by atoms with Gasteiger partial charge in [0.05, 0.1) is 0 Å². The highest BCUT2D eigenvalue weighted by Crippen LogP contribution is 2.20. The summed E-state index contributed by atoms with van der Waals surface area (Å²) in [7, 11) is 0. The van der Waals surface area contributed by atoms with Crippen molar-refractivity contribution in [3.63, 3.8) is 0 Å². The van der Waals surface area contributed by atoms with Crippen LogP contribution in [0.5, 0.6) is 0 Å². The van der Waals surface area contributed by atoms with Gasteiger partial charge in [0.15, 0.2) is 0 Å². The molecule has 5 nitrogen and oxygen atoms in total. The predicted molar refractivity (Wildman–Crippen MR) is 84.2 cm³/mol. The van der Waals surface area contributed by atoms with Gasteiger partial charge in [-0.1, -0.05) is 13.0 Å². The first-order valence-electron chi connectivity index (χ1n) is 7.52. The Balaban J connectivity index is 1.63. The molecule has 1 saturated heterocycles. The number of rotatable bonds is 4. The number of hydrogen-bond acceptors (Lipinski definition) is 5. The number of piperidine rings is 1. The van der Waals surface area contributed by atoms with Crippen molar-refractivity contribution in [2.24, 2.45) is 5.92 Å². The molecule has 21 heavy (non-hydrogen) atoms. The van der Waals surface area contributed by atoms with Gasteiger partial charge in [0.25, 0.3) is 0 Å². The lowest BCUT2D eigenvalue weighted by atomic mass is 10.00. The van der Waals surface area contributed by atoms with Gasteiger partial charge in [-0.2, -0.15) is 4.98 Å². The van der Waals surface area contributed by atoms with E-state index in [1.807, 2.05) is 30.6 Å². The average molecular weight is 283 g/mol. The van der Waals surface area contributed by atoms with Crippen molar-refractivity contribution >= 4 is 11.8 Å². The summed E-state index contributed by atoms with van der Waals surface area (Å²) in [6.45, 7) is 5.13. The molecule has 1 aliphatic heterocycles. The first-order valence-corrected chi connectivity index (χ1v) is 7.52. The molecule has 2 aromatic rings. The molecule has 0 amide bonds. The van der Waals surface area contributed by atoms with Crippen molar-refractivity contribution in [2.75, 3.05) is 23.3 Å². The zero-order valence-corrected chi connectivity index (χ0v) is 12.4. The molecule has 110 valence electrons. The summed E-state index contributed by atoms with van der Waals surface area (Å²) in [6, 6.07) is 5.90. The lowest BCUT2D eigenvalue weighted by Crippen LogP contribution is -2.34. The van der Waals surface area contributed by atoms with Crippen LogP contribution in [0.4, 0.5) is 11.8 Å². The molecular formula is C16H21N5. The van der Waals surface area contributed by atoms with E-state index >= 15 is 0 Å². The fraction of sp³-hybridized carbons (Fsp3) is 0.438. The molecule has 3 rings (SSSR count). The Bertz CT molecular complexity index is 564. The smallest absolute Gasteiger partial charge is 0.227 e. The Morgan fingerprint density at radius 1 is 1.24 bits per heavy atom. The third-order valence-electron chi connectivity index (χ3n) is 3.91. The summed E-state index contributed by atoms with van der Waals surface area (Å²) in [5.41, 5.74) is 1.14. The van der Waals surface area contributed by atoms with Crippen LogP contribution in [0.25, 0.3) is 0 Å². The second kappa shape index (κ2) is 6.52. The second-order valence-corrected chi connectivity index (χ2v) is 5.63. The molecule has 0 aliphatic carbocycles. The van der Waals surface area contributed by atoms with Crippen LogP contribution in [-0.2, 0) is 6.54 Å². The largest absolute Gasteiger partial charge is 0.366 e. The van der Waals surface area contributed by atoms with Crippen molar-refractivity contribution in [1.82, 2.24) is 15.0 Å². The maximum absolute atomic E-state index is 4.62. The summed E-state index contributed by atoms with van der Waals surface area (Å²) >= 11 is 0. The molecule has 0 atom stereocenters. The van der Waals surface area contributed by atoms with Crippen molar-refractivity contribution in [3.8, 4) is 0 Å². The fourth-order valence-corrected chi connectivity index (χ4v) is 2.50. The van der Waals surface area contributed by atoms with Crippen LogP contribution < -0.4 is 10.2 Å². The molecule has 0 aromatic carbocycles. The highest BCUT2D eigenvalue weighted by Gasteiger charge is 2.17. The van der Waals surface area contributed by atoms with Gasteiger partial charge >= 0.3 is 0 Å². The summed E-state index contributed by atoms with van der Waals surface area (Å²) in [6.07, 6.45) is 7.91. The minimum atomic E-state index is 0.724. The van der Waals surface area contributed by atoms with Gasteiger partial charge in [0.1, 0.15) is 5.82 Å². The van der Waals surface area contributed by atoms with E-state index in [1.54, 1.807) is 6.20 Å². The zero-order chi connectivity index (χ0) is 14.5. The van der Waals surface area contributed by atoms with Gasteiger partial charge < -0.3 is 10.2 Å². The molecule has 0 unspecified atom stereocenters. The molecule has 0 saturated carbocycles. The van der Waals surface area contributed by atoms with E-state index in [9.17, 15) is 0 Å². The van der Waals surface area contributed by atoms with Gasteiger partial charge in [-0.3, -0.25) is 4.98 Å². The van der Waals surface area contributed by atoms with E-state index in [4.69, 9.17) is 0 Å². The predicted octanol–water partition coefficient (Wildman–Crippen LogP) is 2.72. The van der Waals surface area contributed by atoms with Gasteiger partial charge in [-0.25, -0.2) is 4.98 Å². The Hall–Kier alpha value is -2.17. The third kappa shape index (κ3) is 3.68. The lowest BCUT2D eigenvalue weighted by molar-refractivity contribution is 0.434. The summed E-state index contributed by atoms with van der Waals surface area (Å²) in [5, 5.41) is 3.33. The van der Waals surface area contributed by atoms with Gasteiger partial charge in [-0.15, -0.1) is 0 Å². The summed E-state index contributed by atoms with van der Waals surface area (Å²) < 4.78 is 0. The van der Waals surface area contributed by atoms with Crippen LogP contribution in [0.3, 0.4) is 0 Å². The maximum Gasteiger partial charge on any atom is 0.227 e. The Morgan fingerprint density at radius 2 is 2.10 bits per heavy atom. The maximum atomic E-state index is 4.62. The number of hydrogen-bond donors (Lipinski definition) is 1. The highest BCUT2D eigenvalue weighted by atomic mass is 15.3. The van der Waals surface area contributed by atoms with E-state index in [2.05, 4.69) is 32.1 Å². The standard InChI is InChI=1S/C16H21N5/c1-13-5-9-21(10-6-13)16-18-8-4-15(20-16)19-12-14-3-2-7-17-11-14/h2-4,7-8,11,13H,5-6,9-10,12H2,1H3,(H,18,19,20). The van der Waals surface area contributed by atoms with Crippen LogP contribution in [0.15, 0.2) is 36.8 Å². The van der Waals surface area contributed by atoms with Crippen LogP contribution in [0.1, 0.15) is 25.3 Å². The third-order valence-corrected chi connectivity index (χ3v) is 3.91. The first kappa shape index (κ1) is 13.8. The zero-order valence-electron chi connectivity index (χ0n) is 12.4. The van der Waals surface area contributed by atoms with Crippen LogP contribution >= 0.6 is 0 Å². The normalized spacial score (nSPS) is 16.0. The van der Waals surface area contributed by atoms with E-state index in [-0.39, 0.29) is 0 Å². The molecule has 3 heterocycles. The number of nitrogens with one attached hydrogen (secondary N) is 1. The quantitative estimate of drug-likeness (QED) is 0.935. The molecule has 0 bridgehead atoms. The lowest BCUT2D eigenvalue weighted by Gasteiger charge is -2.30. The monoisotopic (exact) mass is 283 g/mol. The van der Waals surface area contributed by atoms with E-state index < -0.39 is 0 Å². The molecule has 0 spiro atoms. The number of anilines is 2. The van der Waals surface area contributed by atoms with Crippen molar-refractivity contribution in [1.29, 1.82) is 0 Å². The first-order chi connectivity index (χ1) is 10.3. The fourth-order valence-electron chi connectivity index (χ4n) is 2.50. The molecular weight excluding hydrogens is 262 g/mol. The Labute approximate surface area is 125 Å². The summed E-state index contributed by atoms with van der Waals surface area (Å²) in [5.74, 6) is 2.51. The molecule has 1 N–H and O–H groups in total. The Morgan fingerprint density at radius 3 is 2.86 bits per heavy atom. The van der Waals surface area contributed by atoms with Gasteiger partial charge in [0, 0.05) is 38.2 Å². The second-order valence-electron chi connectivity index (χ2n) is 5.63. The number of aromatic nitrogens is 3. The molecule has 1 aliphatic rings. The average Bonchev–Trinajstić information content (AvgIpc) is 2.55. The summed E-state index contributed by atoms with van der Waals surface area (Å²) in [4.78, 5) is 15.4. The highest BCUT2D eigenvalue weighted by molar-refractivity contribution is 5.41. The Kier molecular flexibility index (Phi) is 4.28. The SMILES string of the molecule is CC1CCN(c2nccc(NCc3cccnc3)n2)CC1. The molecule has 2 aromatic heterocycles. The molecule has 1 fully saturated rings. The minimum absolute atomic E-state index is 0.724. The number of pyridine rings is 1. The topological polar surface area (TPSA) is 53.9 Å². The molecule has 0 radical (unpaired) electrons.